The lowest BCUT2D eigenvalue weighted by molar-refractivity contribution is 0.348. The van der Waals surface area contributed by atoms with E-state index < -0.39 is 0 Å². The molecule has 0 aliphatic heterocycles. The van der Waals surface area contributed by atoms with Gasteiger partial charge < -0.3 is 10.3 Å². The maximum atomic E-state index is 6.01. The number of hydrogen-bond donors (Lipinski definition) is 1. The van der Waals surface area contributed by atoms with Gasteiger partial charge in [0.25, 0.3) is 0 Å². The zero-order valence-electron chi connectivity index (χ0n) is 9.40. The largest absolute Gasteiger partial charge is 0.337 e. The summed E-state index contributed by atoms with van der Waals surface area (Å²) in [4.78, 5) is 4.36. The van der Waals surface area contributed by atoms with Crippen LogP contribution in [0, 0.1) is 6.92 Å². The van der Waals surface area contributed by atoms with Gasteiger partial charge in [-0.05, 0) is 31.4 Å². The number of halogens is 1. The highest BCUT2D eigenvalue weighted by atomic mass is 79.9. The molecule has 5 heteroatoms. The van der Waals surface area contributed by atoms with E-state index in [1.165, 1.54) is 5.56 Å². The first-order chi connectivity index (χ1) is 8.08. The Morgan fingerprint density at radius 1 is 1.41 bits per heavy atom. The van der Waals surface area contributed by atoms with E-state index in [1.807, 2.05) is 25.1 Å². The molecule has 2 N–H and O–H groups in total. The molecule has 1 aliphatic carbocycles. The summed E-state index contributed by atoms with van der Waals surface area (Å²) in [7, 11) is 0. The van der Waals surface area contributed by atoms with E-state index >= 15 is 0 Å². The lowest BCUT2D eigenvalue weighted by Gasteiger charge is -2.00. The molecule has 1 saturated carbocycles. The third-order valence-corrected chi connectivity index (χ3v) is 3.92. The van der Waals surface area contributed by atoms with Gasteiger partial charge in [0.15, 0.2) is 0 Å². The lowest BCUT2D eigenvalue weighted by atomic mass is 10.1. The third-order valence-electron chi connectivity index (χ3n) is 3.07. The zero-order chi connectivity index (χ0) is 12.0. The van der Waals surface area contributed by atoms with Crippen molar-refractivity contribution in [1.29, 1.82) is 0 Å². The molecule has 4 nitrogen and oxygen atoms in total. The van der Waals surface area contributed by atoms with Crippen molar-refractivity contribution in [2.75, 3.05) is 0 Å². The van der Waals surface area contributed by atoms with E-state index in [9.17, 15) is 0 Å². The van der Waals surface area contributed by atoms with Crippen molar-refractivity contribution >= 4 is 15.9 Å². The molecule has 17 heavy (non-hydrogen) atoms. The van der Waals surface area contributed by atoms with Crippen molar-refractivity contribution in [3.8, 4) is 11.4 Å². The Kier molecular flexibility index (Phi) is 2.34. The van der Waals surface area contributed by atoms with Crippen molar-refractivity contribution in [2.45, 2.75) is 25.3 Å². The summed E-state index contributed by atoms with van der Waals surface area (Å²) in [6.07, 6.45) is 1.85. The second kappa shape index (κ2) is 3.65. The molecule has 1 aliphatic rings. The van der Waals surface area contributed by atoms with E-state index in [1.54, 1.807) is 0 Å². The maximum absolute atomic E-state index is 6.01. The molecule has 3 rings (SSSR count). The molecule has 1 fully saturated rings. The molecule has 88 valence electrons. The molecular weight excluding hydrogens is 282 g/mol. The van der Waals surface area contributed by atoms with Crippen LogP contribution in [-0.2, 0) is 5.54 Å². The van der Waals surface area contributed by atoms with Gasteiger partial charge in [0, 0.05) is 10.0 Å². The number of aromatic nitrogens is 2. The standard InChI is InChI=1S/C12H12BrN3O/c1-7-2-3-8(6-9(7)13)10-15-11(17-16-10)12(14)4-5-12/h2-3,6H,4-5,14H2,1H3. The molecule has 0 saturated heterocycles. The van der Waals surface area contributed by atoms with E-state index in [0.29, 0.717) is 11.7 Å². The Morgan fingerprint density at radius 2 is 2.18 bits per heavy atom. The zero-order valence-corrected chi connectivity index (χ0v) is 11.0. The van der Waals surface area contributed by atoms with E-state index in [2.05, 4.69) is 26.1 Å². The highest BCUT2D eigenvalue weighted by Crippen LogP contribution is 2.42. The van der Waals surface area contributed by atoms with Crippen LogP contribution in [0.15, 0.2) is 27.2 Å². The van der Waals surface area contributed by atoms with Gasteiger partial charge in [-0.15, -0.1) is 0 Å². The van der Waals surface area contributed by atoms with Crippen LogP contribution in [0.5, 0.6) is 0 Å². The highest BCUT2D eigenvalue weighted by Gasteiger charge is 2.45. The summed E-state index contributed by atoms with van der Waals surface area (Å²) in [5.74, 6) is 1.14. The van der Waals surface area contributed by atoms with Crippen molar-refractivity contribution in [3.63, 3.8) is 0 Å². The minimum absolute atomic E-state index is 0.368. The van der Waals surface area contributed by atoms with Gasteiger partial charge in [-0.3, -0.25) is 0 Å². The molecule has 0 spiro atoms. The summed E-state index contributed by atoms with van der Waals surface area (Å²) in [6.45, 7) is 2.04. The molecular formula is C12H12BrN3O. The lowest BCUT2D eigenvalue weighted by Crippen LogP contribution is -2.18. The Balaban J connectivity index is 1.98. The summed E-state index contributed by atoms with van der Waals surface area (Å²) in [5, 5.41) is 3.98. The Labute approximate surface area is 107 Å². The fourth-order valence-corrected chi connectivity index (χ4v) is 2.00. The van der Waals surface area contributed by atoms with E-state index in [0.717, 1.165) is 22.9 Å². The predicted octanol–water partition coefficient (Wildman–Crippen LogP) is 2.76. The average Bonchev–Trinajstić information content (AvgIpc) is 2.88. The number of nitrogens with two attached hydrogens (primary N) is 1. The van der Waals surface area contributed by atoms with E-state index in [4.69, 9.17) is 10.3 Å². The number of hydrogen-bond acceptors (Lipinski definition) is 4. The molecule has 0 amide bonds. The molecule has 1 aromatic heterocycles. The van der Waals surface area contributed by atoms with Gasteiger partial charge in [-0.1, -0.05) is 33.2 Å². The minimum Gasteiger partial charge on any atom is -0.337 e. The number of benzene rings is 1. The quantitative estimate of drug-likeness (QED) is 0.925. The van der Waals surface area contributed by atoms with Gasteiger partial charge in [0.05, 0.1) is 5.54 Å². The summed E-state index contributed by atoms with van der Waals surface area (Å²) < 4.78 is 6.25. The molecule has 0 unspecified atom stereocenters. The van der Waals surface area contributed by atoms with Gasteiger partial charge in [-0.2, -0.15) is 4.98 Å². The first kappa shape index (κ1) is 10.9. The molecule has 0 bridgehead atoms. The third kappa shape index (κ3) is 1.89. The van der Waals surface area contributed by atoms with Crippen LogP contribution >= 0.6 is 15.9 Å². The molecule has 1 heterocycles. The first-order valence-corrected chi connectivity index (χ1v) is 6.27. The molecule has 0 radical (unpaired) electrons. The molecule has 0 atom stereocenters. The van der Waals surface area contributed by atoms with E-state index in [-0.39, 0.29) is 5.54 Å². The van der Waals surface area contributed by atoms with Crippen LogP contribution in [0.3, 0.4) is 0 Å². The van der Waals surface area contributed by atoms with Crippen molar-refractivity contribution < 1.29 is 4.52 Å². The second-order valence-electron chi connectivity index (χ2n) is 4.54. The first-order valence-electron chi connectivity index (χ1n) is 5.48. The van der Waals surface area contributed by atoms with Crippen LogP contribution in [-0.4, -0.2) is 10.1 Å². The van der Waals surface area contributed by atoms with Gasteiger partial charge in [0.1, 0.15) is 0 Å². The van der Waals surface area contributed by atoms with Crippen molar-refractivity contribution in [1.82, 2.24) is 10.1 Å². The average molecular weight is 294 g/mol. The van der Waals surface area contributed by atoms with Crippen LogP contribution in [0.4, 0.5) is 0 Å². The summed E-state index contributed by atoms with van der Waals surface area (Å²) in [6, 6.07) is 5.98. The number of rotatable bonds is 2. The Morgan fingerprint density at radius 3 is 2.82 bits per heavy atom. The molecule has 2 aromatic rings. The fraction of sp³-hybridized carbons (Fsp3) is 0.333. The van der Waals surface area contributed by atoms with Crippen LogP contribution < -0.4 is 5.73 Å². The minimum atomic E-state index is -0.368. The molecule has 1 aromatic carbocycles. The monoisotopic (exact) mass is 293 g/mol. The van der Waals surface area contributed by atoms with Gasteiger partial charge in [0.2, 0.25) is 11.7 Å². The summed E-state index contributed by atoms with van der Waals surface area (Å²) in [5.41, 5.74) is 7.75. The highest BCUT2D eigenvalue weighted by molar-refractivity contribution is 9.10. The van der Waals surface area contributed by atoms with Gasteiger partial charge in [-0.25, -0.2) is 0 Å². The topological polar surface area (TPSA) is 64.9 Å². The number of aryl methyl sites for hydroxylation is 1. The SMILES string of the molecule is Cc1ccc(-c2noc(C3(N)CC3)n2)cc1Br. The Bertz CT molecular complexity index is 575. The maximum Gasteiger partial charge on any atom is 0.247 e. The second-order valence-corrected chi connectivity index (χ2v) is 5.40. The Hall–Kier alpha value is -1.20. The predicted molar refractivity (Wildman–Crippen MR) is 67.3 cm³/mol. The number of nitrogens with zero attached hydrogens (tertiary/aromatic N) is 2. The van der Waals surface area contributed by atoms with Crippen LogP contribution in [0.2, 0.25) is 0 Å². The summed E-state index contributed by atoms with van der Waals surface area (Å²) >= 11 is 3.49. The normalized spacial score (nSPS) is 17.1. The van der Waals surface area contributed by atoms with Gasteiger partial charge >= 0.3 is 0 Å². The smallest absolute Gasteiger partial charge is 0.247 e. The van der Waals surface area contributed by atoms with Crippen LogP contribution in [0.25, 0.3) is 11.4 Å². The van der Waals surface area contributed by atoms with Crippen molar-refractivity contribution in [3.05, 3.63) is 34.1 Å². The van der Waals surface area contributed by atoms with Crippen molar-refractivity contribution in [2.24, 2.45) is 5.73 Å². The van der Waals surface area contributed by atoms with Crippen LogP contribution in [0.1, 0.15) is 24.3 Å². The fourth-order valence-electron chi connectivity index (χ4n) is 1.62.